The molecule has 21 heavy (non-hydrogen) atoms. The van der Waals surface area contributed by atoms with Crippen LogP contribution in [0.5, 0.6) is 0 Å². The van der Waals surface area contributed by atoms with Crippen molar-refractivity contribution in [3.63, 3.8) is 0 Å². The van der Waals surface area contributed by atoms with Crippen LogP contribution in [-0.2, 0) is 9.63 Å². The van der Waals surface area contributed by atoms with E-state index >= 15 is 0 Å². The van der Waals surface area contributed by atoms with Gasteiger partial charge in [0.1, 0.15) is 11.8 Å². The molecule has 2 rings (SSSR count). The lowest BCUT2D eigenvalue weighted by atomic mass is 9.94. The average molecular weight is 278 g/mol. The highest BCUT2D eigenvalue weighted by Crippen LogP contribution is 2.24. The average Bonchev–Trinajstić information content (AvgIpc) is 2.48. The van der Waals surface area contributed by atoms with Gasteiger partial charge in [-0.2, -0.15) is 5.26 Å². The molecule has 4 nitrogen and oxygen atoms in total. The monoisotopic (exact) mass is 278 g/mol. The molecule has 0 aliphatic heterocycles. The number of carbonyl (C=O) groups is 1. The molecule has 0 fully saturated rings. The van der Waals surface area contributed by atoms with Crippen molar-refractivity contribution in [3.8, 4) is 6.07 Å². The maximum Gasteiger partial charge on any atom is 0.332 e. The number of oxime groups is 1. The lowest BCUT2D eigenvalue weighted by Gasteiger charge is -2.10. The van der Waals surface area contributed by atoms with Gasteiger partial charge in [-0.25, -0.2) is 4.79 Å². The Kier molecular flexibility index (Phi) is 4.47. The van der Waals surface area contributed by atoms with Gasteiger partial charge in [0.2, 0.25) is 0 Å². The zero-order valence-electron chi connectivity index (χ0n) is 11.8. The number of carbonyl (C=O) groups excluding carboxylic acids is 1. The smallest absolute Gasteiger partial charge is 0.318 e. The minimum atomic E-state index is -0.466. The van der Waals surface area contributed by atoms with E-state index in [1.54, 1.807) is 12.2 Å². The van der Waals surface area contributed by atoms with Crippen LogP contribution in [0.15, 0.2) is 64.9 Å². The minimum absolute atomic E-state index is 0.466. The molecule has 0 amide bonds. The quantitative estimate of drug-likeness (QED) is 0.473. The van der Waals surface area contributed by atoms with Gasteiger partial charge in [-0.15, -0.1) is 0 Å². The van der Waals surface area contributed by atoms with E-state index in [4.69, 9.17) is 0 Å². The third-order valence-corrected chi connectivity index (χ3v) is 2.93. The van der Waals surface area contributed by atoms with Gasteiger partial charge in [0.05, 0.1) is 5.57 Å². The first-order valence-electron chi connectivity index (χ1n) is 6.44. The predicted molar refractivity (Wildman–Crippen MR) is 81.1 cm³/mol. The van der Waals surface area contributed by atoms with E-state index in [0.717, 1.165) is 16.7 Å². The van der Waals surface area contributed by atoms with Gasteiger partial charge in [0.25, 0.3) is 0 Å². The van der Waals surface area contributed by atoms with Gasteiger partial charge in [0.15, 0.2) is 0 Å². The Morgan fingerprint density at radius 2 is 1.95 bits per heavy atom. The lowest BCUT2D eigenvalue weighted by Crippen LogP contribution is -2.04. The largest absolute Gasteiger partial charge is 0.332 e. The van der Waals surface area contributed by atoms with Crippen LogP contribution in [-0.4, -0.2) is 11.7 Å². The molecule has 0 bridgehead atoms. The minimum Gasteiger partial charge on any atom is -0.318 e. The van der Waals surface area contributed by atoms with E-state index in [2.05, 4.69) is 16.1 Å². The SMILES string of the molecule is CC(=O)O/N=C1C=C/C(=C(/C#N)c2ccccc2)C=C\1C. The second-order valence-corrected chi connectivity index (χ2v) is 4.53. The predicted octanol–water partition coefficient (Wildman–Crippen LogP) is 3.40. The first kappa shape index (κ1) is 14.5. The molecule has 1 aliphatic rings. The van der Waals surface area contributed by atoms with Crippen molar-refractivity contribution in [1.82, 2.24) is 0 Å². The summed E-state index contributed by atoms with van der Waals surface area (Å²) >= 11 is 0. The van der Waals surface area contributed by atoms with E-state index < -0.39 is 5.97 Å². The zero-order valence-corrected chi connectivity index (χ0v) is 11.8. The molecule has 0 unspecified atom stereocenters. The molecule has 1 aromatic carbocycles. The summed E-state index contributed by atoms with van der Waals surface area (Å²) in [5.41, 5.74) is 3.67. The van der Waals surface area contributed by atoms with Gasteiger partial charge in [-0.1, -0.05) is 41.6 Å². The molecule has 0 saturated heterocycles. The Morgan fingerprint density at radius 1 is 1.24 bits per heavy atom. The van der Waals surface area contributed by atoms with Crippen molar-refractivity contribution in [3.05, 3.63) is 65.3 Å². The summed E-state index contributed by atoms with van der Waals surface area (Å²) in [6.07, 6.45) is 5.38. The highest BCUT2D eigenvalue weighted by molar-refractivity contribution is 6.10. The van der Waals surface area contributed by atoms with Crippen LogP contribution in [0, 0.1) is 11.3 Å². The Labute approximate surface area is 123 Å². The molecule has 1 aromatic rings. The van der Waals surface area contributed by atoms with E-state index in [1.165, 1.54) is 6.92 Å². The lowest BCUT2D eigenvalue weighted by molar-refractivity contribution is -0.140. The van der Waals surface area contributed by atoms with Crippen molar-refractivity contribution < 1.29 is 9.63 Å². The van der Waals surface area contributed by atoms with Crippen LogP contribution >= 0.6 is 0 Å². The van der Waals surface area contributed by atoms with Crippen LogP contribution in [0.2, 0.25) is 0 Å². The summed E-state index contributed by atoms with van der Waals surface area (Å²) in [4.78, 5) is 15.4. The number of hydrogen-bond donors (Lipinski definition) is 0. The van der Waals surface area contributed by atoms with Gasteiger partial charge < -0.3 is 4.84 Å². The first-order chi connectivity index (χ1) is 10.1. The Bertz CT molecular complexity index is 717. The highest BCUT2D eigenvalue weighted by Gasteiger charge is 2.11. The van der Waals surface area contributed by atoms with Gasteiger partial charge >= 0.3 is 5.97 Å². The van der Waals surface area contributed by atoms with Crippen molar-refractivity contribution in [2.45, 2.75) is 13.8 Å². The van der Waals surface area contributed by atoms with Crippen molar-refractivity contribution >= 4 is 17.3 Å². The molecule has 4 heteroatoms. The first-order valence-corrected chi connectivity index (χ1v) is 6.44. The van der Waals surface area contributed by atoms with E-state index in [-0.39, 0.29) is 0 Å². The normalized spacial score (nSPS) is 18.0. The molecule has 0 atom stereocenters. The van der Waals surface area contributed by atoms with Crippen molar-refractivity contribution in [2.75, 3.05) is 0 Å². The van der Waals surface area contributed by atoms with Crippen LogP contribution in [0.1, 0.15) is 19.4 Å². The van der Waals surface area contributed by atoms with Crippen molar-refractivity contribution in [1.29, 1.82) is 5.26 Å². The third-order valence-electron chi connectivity index (χ3n) is 2.93. The molecule has 0 N–H and O–H groups in total. The van der Waals surface area contributed by atoms with Crippen molar-refractivity contribution in [2.24, 2.45) is 5.16 Å². The summed E-state index contributed by atoms with van der Waals surface area (Å²) < 4.78 is 0. The van der Waals surface area contributed by atoms with Gasteiger partial charge in [-0.3, -0.25) is 0 Å². The molecular formula is C17H14N2O2. The molecule has 0 aromatic heterocycles. The number of allylic oxidation sites excluding steroid dienone is 6. The summed E-state index contributed by atoms with van der Waals surface area (Å²) in [5, 5.41) is 13.2. The maximum atomic E-state index is 10.8. The second kappa shape index (κ2) is 6.49. The fourth-order valence-corrected chi connectivity index (χ4v) is 1.93. The van der Waals surface area contributed by atoms with Gasteiger partial charge in [-0.05, 0) is 35.8 Å². The summed E-state index contributed by atoms with van der Waals surface area (Å²) in [7, 11) is 0. The number of benzene rings is 1. The number of nitrogens with zero attached hydrogens (tertiary/aromatic N) is 2. The fourth-order valence-electron chi connectivity index (χ4n) is 1.93. The Hall–Kier alpha value is -2.93. The number of rotatable bonds is 2. The van der Waals surface area contributed by atoms with E-state index in [9.17, 15) is 10.1 Å². The molecule has 1 aliphatic carbocycles. The van der Waals surface area contributed by atoms with E-state index in [1.807, 2.05) is 43.3 Å². The van der Waals surface area contributed by atoms with Crippen LogP contribution in [0.4, 0.5) is 0 Å². The molecule has 0 saturated carbocycles. The second-order valence-electron chi connectivity index (χ2n) is 4.53. The Morgan fingerprint density at radius 3 is 2.52 bits per heavy atom. The summed E-state index contributed by atoms with van der Waals surface area (Å²) in [6.45, 7) is 3.15. The van der Waals surface area contributed by atoms with Crippen LogP contribution in [0.25, 0.3) is 5.57 Å². The molecular weight excluding hydrogens is 264 g/mol. The number of nitriles is 1. The van der Waals surface area contributed by atoms with E-state index in [0.29, 0.717) is 11.3 Å². The summed E-state index contributed by atoms with van der Waals surface area (Å²) in [5.74, 6) is -0.466. The number of hydrogen-bond acceptors (Lipinski definition) is 4. The fraction of sp³-hybridized carbons (Fsp3) is 0.118. The highest BCUT2D eigenvalue weighted by atomic mass is 16.7. The molecule has 104 valence electrons. The molecule has 0 spiro atoms. The third kappa shape index (κ3) is 3.54. The topological polar surface area (TPSA) is 62.4 Å². The molecule has 0 heterocycles. The van der Waals surface area contributed by atoms with Gasteiger partial charge in [0, 0.05) is 6.92 Å². The molecule has 0 radical (unpaired) electrons. The van der Waals surface area contributed by atoms with Crippen LogP contribution in [0.3, 0.4) is 0 Å². The Balaban J connectivity index is 2.38. The maximum absolute atomic E-state index is 10.8. The zero-order chi connectivity index (χ0) is 15.2. The van der Waals surface area contributed by atoms with Crippen LogP contribution < -0.4 is 0 Å². The standard InChI is InChI=1S/C17H14N2O2/c1-12-10-15(8-9-17(12)19-21-13(2)20)16(11-18)14-6-4-3-5-7-14/h3-10H,1-2H3/b16-15+,19-17+. The summed E-state index contributed by atoms with van der Waals surface area (Å²) in [6, 6.07) is 11.7.